The maximum atomic E-state index is 12.7. The van der Waals surface area contributed by atoms with Crippen LogP contribution in [0.1, 0.15) is 40.4 Å². The fourth-order valence-electron chi connectivity index (χ4n) is 2.95. The quantitative estimate of drug-likeness (QED) is 0.793. The second-order valence-corrected chi connectivity index (χ2v) is 6.48. The summed E-state index contributed by atoms with van der Waals surface area (Å²) < 4.78 is 10.9. The van der Waals surface area contributed by atoms with Crippen LogP contribution in [0.4, 0.5) is 0 Å². The van der Waals surface area contributed by atoms with Gasteiger partial charge in [-0.25, -0.2) is 4.98 Å². The molecular formula is C18H19N3O3. The number of furan rings is 1. The number of carbonyl (C=O) groups is 1. The van der Waals surface area contributed by atoms with E-state index in [1.165, 1.54) is 12.8 Å². The summed E-state index contributed by atoms with van der Waals surface area (Å²) in [5.74, 6) is 2.07. The third-order valence-electron chi connectivity index (χ3n) is 4.43. The number of aryl methyl sites for hydroxylation is 3. The third kappa shape index (κ3) is 2.58. The van der Waals surface area contributed by atoms with Crippen LogP contribution in [0.5, 0.6) is 0 Å². The molecule has 0 radical (unpaired) electrons. The van der Waals surface area contributed by atoms with E-state index in [0.29, 0.717) is 40.5 Å². The van der Waals surface area contributed by atoms with Crippen LogP contribution in [0.25, 0.3) is 22.4 Å². The maximum absolute atomic E-state index is 12.7. The van der Waals surface area contributed by atoms with Crippen molar-refractivity contribution in [2.75, 3.05) is 6.54 Å². The van der Waals surface area contributed by atoms with Gasteiger partial charge < -0.3 is 14.3 Å². The Kier molecular flexibility index (Phi) is 3.40. The van der Waals surface area contributed by atoms with E-state index in [2.05, 4.69) is 15.5 Å². The first-order valence-electron chi connectivity index (χ1n) is 8.15. The number of aromatic nitrogens is 2. The molecule has 6 nitrogen and oxygen atoms in total. The number of nitrogens with zero attached hydrogens (tertiary/aromatic N) is 2. The number of rotatable bonds is 4. The number of amides is 1. The van der Waals surface area contributed by atoms with Gasteiger partial charge in [0.05, 0.1) is 22.3 Å². The highest BCUT2D eigenvalue weighted by molar-refractivity contribution is 6.07. The molecule has 3 aromatic heterocycles. The van der Waals surface area contributed by atoms with Gasteiger partial charge in [0.15, 0.2) is 0 Å². The Bertz CT molecular complexity index is 935. The number of hydrogen-bond donors (Lipinski definition) is 1. The molecule has 0 aromatic carbocycles. The van der Waals surface area contributed by atoms with Gasteiger partial charge in [0.1, 0.15) is 11.5 Å². The Hall–Kier alpha value is -2.63. The Morgan fingerprint density at radius 3 is 2.75 bits per heavy atom. The van der Waals surface area contributed by atoms with Gasteiger partial charge >= 0.3 is 0 Å². The summed E-state index contributed by atoms with van der Waals surface area (Å²) in [7, 11) is 0. The smallest absolute Gasteiger partial charge is 0.259 e. The van der Waals surface area contributed by atoms with Gasteiger partial charge in [-0.2, -0.15) is 0 Å². The summed E-state index contributed by atoms with van der Waals surface area (Å²) in [6, 6.07) is 3.71. The molecule has 3 aromatic rings. The van der Waals surface area contributed by atoms with E-state index < -0.39 is 0 Å². The van der Waals surface area contributed by atoms with Crippen LogP contribution in [-0.4, -0.2) is 22.6 Å². The molecule has 0 bridgehead atoms. The first-order valence-corrected chi connectivity index (χ1v) is 8.15. The van der Waals surface area contributed by atoms with Crippen molar-refractivity contribution in [2.45, 2.75) is 33.6 Å². The monoisotopic (exact) mass is 325 g/mol. The molecule has 0 aliphatic heterocycles. The van der Waals surface area contributed by atoms with Crippen molar-refractivity contribution in [3.8, 4) is 11.3 Å². The molecule has 1 aliphatic rings. The minimum absolute atomic E-state index is 0.111. The van der Waals surface area contributed by atoms with Crippen molar-refractivity contribution in [2.24, 2.45) is 5.92 Å². The van der Waals surface area contributed by atoms with E-state index in [9.17, 15) is 4.79 Å². The molecule has 124 valence electrons. The lowest BCUT2D eigenvalue weighted by Crippen LogP contribution is -2.25. The van der Waals surface area contributed by atoms with Gasteiger partial charge in [0, 0.05) is 12.1 Å². The van der Waals surface area contributed by atoms with E-state index in [4.69, 9.17) is 8.94 Å². The van der Waals surface area contributed by atoms with Crippen LogP contribution in [0.15, 0.2) is 21.1 Å². The molecule has 1 N–H and O–H groups in total. The molecule has 1 amide bonds. The minimum atomic E-state index is -0.111. The Morgan fingerprint density at radius 1 is 1.29 bits per heavy atom. The molecular weight excluding hydrogens is 306 g/mol. The molecule has 4 rings (SSSR count). The van der Waals surface area contributed by atoms with Crippen LogP contribution in [0.3, 0.4) is 0 Å². The molecule has 6 heteroatoms. The van der Waals surface area contributed by atoms with Crippen molar-refractivity contribution >= 4 is 17.0 Å². The SMILES string of the molecule is Cc1cc(-c2cc(C(=O)NCC3CC3)c3c(C)noc3n2)c(C)o1. The van der Waals surface area contributed by atoms with Crippen LogP contribution in [0.2, 0.25) is 0 Å². The second kappa shape index (κ2) is 5.47. The molecule has 0 unspecified atom stereocenters. The van der Waals surface area contributed by atoms with E-state index in [1.807, 2.05) is 26.8 Å². The van der Waals surface area contributed by atoms with Crippen molar-refractivity contribution in [3.63, 3.8) is 0 Å². The average molecular weight is 325 g/mol. The highest BCUT2D eigenvalue weighted by Gasteiger charge is 2.24. The standard InChI is InChI=1S/C18H19N3O3/c1-9-6-13(11(3)23-9)15-7-14(17(22)19-8-12-4-5-12)16-10(2)21-24-18(16)20-15/h6-7,12H,4-5,8H2,1-3H3,(H,19,22). The van der Waals surface area contributed by atoms with E-state index in [0.717, 1.165) is 17.1 Å². The summed E-state index contributed by atoms with van der Waals surface area (Å²) in [5, 5.41) is 7.65. The molecule has 3 heterocycles. The van der Waals surface area contributed by atoms with Crippen molar-refractivity contribution < 1.29 is 13.7 Å². The summed E-state index contributed by atoms with van der Waals surface area (Å²) in [4.78, 5) is 17.2. The fourth-order valence-corrected chi connectivity index (χ4v) is 2.95. The largest absolute Gasteiger partial charge is 0.466 e. The zero-order chi connectivity index (χ0) is 16.8. The number of nitrogens with one attached hydrogen (secondary N) is 1. The number of carbonyl (C=O) groups excluding carboxylic acids is 1. The number of pyridine rings is 1. The highest BCUT2D eigenvalue weighted by atomic mass is 16.5. The van der Waals surface area contributed by atoms with E-state index >= 15 is 0 Å². The van der Waals surface area contributed by atoms with Gasteiger partial charge in [0.2, 0.25) is 0 Å². The van der Waals surface area contributed by atoms with Gasteiger partial charge in [0.25, 0.3) is 11.6 Å². The zero-order valence-electron chi connectivity index (χ0n) is 14.0. The third-order valence-corrected chi connectivity index (χ3v) is 4.43. The number of fused-ring (bicyclic) bond motifs is 1. The summed E-state index contributed by atoms with van der Waals surface area (Å²) in [5.41, 5.74) is 3.11. The van der Waals surface area contributed by atoms with E-state index in [1.54, 1.807) is 6.07 Å². The lowest BCUT2D eigenvalue weighted by molar-refractivity contribution is 0.0953. The molecule has 24 heavy (non-hydrogen) atoms. The summed E-state index contributed by atoms with van der Waals surface area (Å²) in [6.45, 7) is 6.30. The van der Waals surface area contributed by atoms with Crippen molar-refractivity contribution in [1.29, 1.82) is 0 Å². The van der Waals surface area contributed by atoms with Crippen LogP contribution < -0.4 is 5.32 Å². The first-order chi connectivity index (χ1) is 11.5. The molecule has 0 spiro atoms. The molecule has 0 saturated heterocycles. The topological polar surface area (TPSA) is 81.2 Å². The molecule has 1 aliphatic carbocycles. The van der Waals surface area contributed by atoms with E-state index in [-0.39, 0.29) is 5.91 Å². The van der Waals surface area contributed by atoms with Crippen LogP contribution in [0, 0.1) is 26.7 Å². The van der Waals surface area contributed by atoms with Gasteiger partial charge in [-0.3, -0.25) is 4.79 Å². The molecule has 0 atom stereocenters. The first kappa shape index (κ1) is 14.9. The zero-order valence-corrected chi connectivity index (χ0v) is 14.0. The van der Waals surface area contributed by atoms with Gasteiger partial charge in [-0.1, -0.05) is 5.16 Å². The van der Waals surface area contributed by atoms with Gasteiger partial charge in [-0.15, -0.1) is 0 Å². The Balaban J connectivity index is 1.81. The average Bonchev–Trinajstić information content (AvgIpc) is 3.23. The Labute approximate surface area is 139 Å². The minimum Gasteiger partial charge on any atom is -0.466 e. The maximum Gasteiger partial charge on any atom is 0.259 e. The molecule has 1 saturated carbocycles. The lowest BCUT2D eigenvalue weighted by atomic mass is 10.1. The van der Waals surface area contributed by atoms with Gasteiger partial charge in [-0.05, 0) is 51.7 Å². The van der Waals surface area contributed by atoms with Crippen LogP contribution >= 0.6 is 0 Å². The van der Waals surface area contributed by atoms with Crippen molar-refractivity contribution in [1.82, 2.24) is 15.5 Å². The Morgan fingerprint density at radius 2 is 2.08 bits per heavy atom. The highest BCUT2D eigenvalue weighted by Crippen LogP contribution is 2.31. The fraction of sp³-hybridized carbons (Fsp3) is 0.389. The number of hydrogen-bond acceptors (Lipinski definition) is 5. The normalized spacial score (nSPS) is 14.3. The van der Waals surface area contributed by atoms with Crippen LogP contribution in [-0.2, 0) is 0 Å². The lowest BCUT2D eigenvalue weighted by Gasteiger charge is -2.07. The predicted molar refractivity (Wildman–Crippen MR) is 88.8 cm³/mol. The predicted octanol–water partition coefficient (Wildman–Crippen LogP) is 3.55. The molecule has 1 fully saturated rings. The summed E-state index contributed by atoms with van der Waals surface area (Å²) >= 11 is 0. The second-order valence-electron chi connectivity index (χ2n) is 6.48. The summed E-state index contributed by atoms with van der Waals surface area (Å²) in [6.07, 6.45) is 2.38. The van der Waals surface area contributed by atoms with Crippen molar-refractivity contribution in [3.05, 3.63) is 34.9 Å².